The molecule has 1 amide bonds. The smallest absolute Gasteiger partial charge is 0.254 e. The van der Waals surface area contributed by atoms with E-state index >= 15 is 0 Å². The summed E-state index contributed by atoms with van der Waals surface area (Å²) in [5.74, 6) is -0.0302. The van der Waals surface area contributed by atoms with Gasteiger partial charge in [-0.25, -0.2) is 0 Å². The van der Waals surface area contributed by atoms with Gasteiger partial charge in [0.2, 0.25) is 0 Å². The summed E-state index contributed by atoms with van der Waals surface area (Å²) in [6, 6.07) is 13.7. The Morgan fingerprint density at radius 3 is 2.56 bits per heavy atom. The SMILES string of the molecule is CCOC(C(=O)NCc1ccc(C#N)cc1)c1ccc(OC)c(O)c1. The third-order valence-corrected chi connectivity index (χ3v) is 3.63. The van der Waals surface area contributed by atoms with Gasteiger partial charge in [-0.2, -0.15) is 5.26 Å². The minimum Gasteiger partial charge on any atom is -0.504 e. The summed E-state index contributed by atoms with van der Waals surface area (Å²) in [6.45, 7) is 2.46. The van der Waals surface area contributed by atoms with Crippen LogP contribution in [0.25, 0.3) is 0 Å². The molecule has 0 heterocycles. The van der Waals surface area contributed by atoms with Crippen molar-refractivity contribution in [3.05, 3.63) is 59.2 Å². The molecule has 6 heteroatoms. The molecule has 0 fully saturated rings. The minimum atomic E-state index is -0.833. The van der Waals surface area contributed by atoms with Crippen molar-refractivity contribution >= 4 is 5.91 Å². The number of nitriles is 1. The second-order valence-corrected chi connectivity index (χ2v) is 5.29. The number of nitrogens with one attached hydrogen (secondary N) is 1. The predicted octanol–water partition coefficient (Wildman–Crippen LogP) is 2.67. The summed E-state index contributed by atoms with van der Waals surface area (Å²) in [5, 5.41) is 21.5. The summed E-state index contributed by atoms with van der Waals surface area (Å²) >= 11 is 0. The van der Waals surface area contributed by atoms with Gasteiger partial charge in [0.1, 0.15) is 0 Å². The van der Waals surface area contributed by atoms with E-state index in [-0.39, 0.29) is 11.7 Å². The maximum absolute atomic E-state index is 12.5. The van der Waals surface area contributed by atoms with Crippen molar-refractivity contribution in [3.8, 4) is 17.6 Å². The lowest BCUT2D eigenvalue weighted by Gasteiger charge is -2.18. The highest BCUT2D eigenvalue weighted by Gasteiger charge is 2.22. The molecule has 0 saturated heterocycles. The largest absolute Gasteiger partial charge is 0.504 e. The van der Waals surface area contributed by atoms with Crippen LogP contribution in [0, 0.1) is 11.3 Å². The predicted molar refractivity (Wildman–Crippen MR) is 92.0 cm³/mol. The van der Waals surface area contributed by atoms with Crippen molar-refractivity contribution in [2.45, 2.75) is 19.6 Å². The molecule has 0 spiro atoms. The monoisotopic (exact) mass is 340 g/mol. The van der Waals surface area contributed by atoms with E-state index in [1.54, 1.807) is 43.3 Å². The van der Waals surface area contributed by atoms with Crippen LogP contribution in [-0.4, -0.2) is 24.7 Å². The second kappa shape index (κ2) is 8.71. The van der Waals surface area contributed by atoms with Gasteiger partial charge in [0.05, 0.1) is 18.7 Å². The van der Waals surface area contributed by atoms with Crippen molar-refractivity contribution in [2.24, 2.45) is 0 Å². The van der Waals surface area contributed by atoms with Gasteiger partial charge in [-0.3, -0.25) is 4.79 Å². The van der Waals surface area contributed by atoms with Gasteiger partial charge in [0.15, 0.2) is 17.6 Å². The molecular weight excluding hydrogens is 320 g/mol. The lowest BCUT2D eigenvalue weighted by Crippen LogP contribution is -2.30. The number of hydrogen-bond donors (Lipinski definition) is 2. The number of hydrogen-bond acceptors (Lipinski definition) is 5. The zero-order valence-corrected chi connectivity index (χ0v) is 14.2. The number of phenolic OH excluding ortho intramolecular Hbond substituents is 1. The minimum absolute atomic E-state index is 0.0513. The number of carbonyl (C=O) groups is 1. The van der Waals surface area contributed by atoms with Crippen LogP contribution in [0.5, 0.6) is 11.5 Å². The highest BCUT2D eigenvalue weighted by atomic mass is 16.5. The number of aromatic hydroxyl groups is 1. The molecule has 0 aromatic heterocycles. The Bertz CT molecular complexity index is 766. The van der Waals surface area contributed by atoms with Gasteiger partial charge in [0, 0.05) is 13.2 Å². The Labute approximate surface area is 146 Å². The lowest BCUT2D eigenvalue weighted by molar-refractivity contribution is -0.133. The topological polar surface area (TPSA) is 91.6 Å². The van der Waals surface area contributed by atoms with Crippen LogP contribution in [0.4, 0.5) is 0 Å². The van der Waals surface area contributed by atoms with Crippen molar-refractivity contribution in [2.75, 3.05) is 13.7 Å². The van der Waals surface area contributed by atoms with E-state index in [2.05, 4.69) is 5.32 Å². The van der Waals surface area contributed by atoms with E-state index in [0.717, 1.165) is 5.56 Å². The fraction of sp³-hybridized carbons (Fsp3) is 0.263. The molecule has 25 heavy (non-hydrogen) atoms. The molecule has 0 aliphatic heterocycles. The van der Waals surface area contributed by atoms with E-state index in [0.29, 0.717) is 30.0 Å². The van der Waals surface area contributed by atoms with Gasteiger partial charge < -0.3 is 19.9 Å². The first-order valence-electron chi connectivity index (χ1n) is 7.84. The number of ether oxygens (including phenoxy) is 2. The number of carbonyl (C=O) groups excluding carboxylic acids is 1. The van der Waals surface area contributed by atoms with Crippen molar-refractivity contribution < 1.29 is 19.4 Å². The summed E-state index contributed by atoms with van der Waals surface area (Å²) in [6.07, 6.45) is -0.833. The highest BCUT2D eigenvalue weighted by Crippen LogP contribution is 2.30. The number of phenols is 1. The standard InChI is InChI=1S/C19H20N2O4/c1-3-25-18(15-8-9-17(24-2)16(22)10-15)19(23)21-12-14-6-4-13(11-20)5-7-14/h4-10,18,22H,3,12H2,1-2H3,(H,21,23). The molecule has 2 rings (SSSR count). The van der Waals surface area contributed by atoms with E-state index in [1.165, 1.54) is 13.2 Å². The quantitative estimate of drug-likeness (QED) is 0.808. The number of benzene rings is 2. The molecular formula is C19H20N2O4. The number of nitrogens with zero attached hydrogens (tertiary/aromatic N) is 1. The fourth-order valence-corrected chi connectivity index (χ4v) is 2.34. The van der Waals surface area contributed by atoms with Gasteiger partial charge in [-0.1, -0.05) is 18.2 Å². The van der Waals surface area contributed by atoms with E-state index in [1.807, 2.05) is 6.07 Å². The first-order chi connectivity index (χ1) is 12.1. The molecule has 2 aromatic carbocycles. The fourth-order valence-electron chi connectivity index (χ4n) is 2.34. The van der Waals surface area contributed by atoms with Crippen molar-refractivity contribution in [1.82, 2.24) is 5.32 Å². The van der Waals surface area contributed by atoms with Gasteiger partial charge in [-0.15, -0.1) is 0 Å². The summed E-state index contributed by atoms with van der Waals surface area (Å²) < 4.78 is 10.5. The van der Waals surface area contributed by atoms with E-state index < -0.39 is 6.10 Å². The van der Waals surface area contributed by atoms with Crippen molar-refractivity contribution in [3.63, 3.8) is 0 Å². The van der Waals surface area contributed by atoms with Gasteiger partial charge in [0.25, 0.3) is 5.91 Å². The zero-order valence-electron chi connectivity index (χ0n) is 14.2. The molecule has 0 bridgehead atoms. The Kier molecular flexibility index (Phi) is 6.38. The Morgan fingerprint density at radius 2 is 2.00 bits per heavy atom. The van der Waals surface area contributed by atoms with Crippen LogP contribution in [0.3, 0.4) is 0 Å². The van der Waals surface area contributed by atoms with Crippen LogP contribution >= 0.6 is 0 Å². The normalized spacial score (nSPS) is 11.4. The van der Waals surface area contributed by atoms with Crippen LogP contribution in [0.2, 0.25) is 0 Å². The van der Waals surface area contributed by atoms with Crippen LogP contribution < -0.4 is 10.1 Å². The third-order valence-electron chi connectivity index (χ3n) is 3.63. The zero-order chi connectivity index (χ0) is 18.2. The van der Waals surface area contributed by atoms with Crippen LogP contribution in [-0.2, 0) is 16.1 Å². The molecule has 2 N–H and O–H groups in total. The molecule has 130 valence electrons. The summed E-state index contributed by atoms with van der Waals surface area (Å²) in [5.41, 5.74) is 1.98. The molecule has 6 nitrogen and oxygen atoms in total. The maximum Gasteiger partial charge on any atom is 0.254 e. The molecule has 0 radical (unpaired) electrons. The van der Waals surface area contributed by atoms with Crippen LogP contribution in [0.15, 0.2) is 42.5 Å². The lowest BCUT2D eigenvalue weighted by atomic mass is 10.1. The van der Waals surface area contributed by atoms with E-state index in [9.17, 15) is 9.90 Å². The van der Waals surface area contributed by atoms with Gasteiger partial charge >= 0.3 is 0 Å². The average molecular weight is 340 g/mol. The van der Waals surface area contributed by atoms with E-state index in [4.69, 9.17) is 14.7 Å². The van der Waals surface area contributed by atoms with Crippen LogP contribution in [0.1, 0.15) is 29.7 Å². The average Bonchev–Trinajstić information content (AvgIpc) is 2.64. The molecule has 0 saturated carbocycles. The second-order valence-electron chi connectivity index (χ2n) is 5.29. The Balaban J connectivity index is 2.09. The third kappa shape index (κ3) is 4.72. The van der Waals surface area contributed by atoms with Gasteiger partial charge in [-0.05, 0) is 42.3 Å². The van der Waals surface area contributed by atoms with Crippen molar-refractivity contribution in [1.29, 1.82) is 5.26 Å². The Morgan fingerprint density at radius 1 is 1.28 bits per heavy atom. The molecule has 1 atom stereocenters. The first kappa shape index (κ1) is 18.3. The highest BCUT2D eigenvalue weighted by molar-refractivity contribution is 5.82. The first-order valence-corrected chi connectivity index (χ1v) is 7.84. The number of methoxy groups -OCH3 is 1. The Hall–Kier alpha value is -3.04. The number of amides is 1. The number of rotatable bonds is 7. The maximum atomic E-state index is 12.5. The molecule has 0 aliphatic carbocycles. The molecule has 1 unspecified atom stereocenters. The molecule has 2 aromatic rings. The summed E-state index contributed by atoms with van der Waals surface area (Å²) in [7, 11) is 1.46. The molecule has 0 aliphatic rings. The summed E-state index contributed by atoms with van der Waals surface area (Å²) in [4.78, 5) is 12.5.